The second kappa shape index (κ2) is 7.64. The van der Waals surface area contributed by atoms with Crippen LogP contribution in [0.3, 0.4) is 0 Å². The van der Waals surface area contributed by atoms with Gasteiger partial charge in [0.15, 0.2) is 15.3 Å². The van der Waals surface area contributed by atoms with E-state index in [4.69, 9.17) is 5.73 Å². The van der Waals surface area contributed by atoms with Crippen LogP contribution < -0.4 is 16.4 Å². The fourth-order valence-corrected chi connectivity index (χ4v) is 4.13. The van der Waals surface area contributed by atoms with Crippen molar-refractivity contribution >= 4 is 15.5 Å². The third-order valence-corrected chi connectivity index (χ3v) is 6.38. The SMILES string of the molecule is CCCCCC(C)c1cccc2c1C(N)NC(S(=O)(=O)CC)N2. The van der Waals surface area contributed by atoms with Crippen molar-refractivity contribution in [3.8, 4) is 0 Å². The summed E-state index contributed by atoms with van der Waals surface area (Å²) in [5.74, 6) is 0.484. The summed E-state index contributed by atoms with van der Waals surface area (Å²) < 4.78 is 24.2. The number of hydrogen-bond acceptors (Lipinski definition) is 5. The summed E-state index contributed by atoms with van der Waals surface area (Å²) in [5, 5.41) is 6.11. The predicted octanol–water partition coefficient (Wildman–Crippen LogP) is 3.06. The average molecular weight is 340 g/mol. The molecular formula is C17H29N3O2S. The second-order valence-corrected chi connectivity index (χ2v) is 8.70. The number of anilines is 1. The zero-order valence-corrected chi connectivity index (χ0v) is 15.1. The van der Waals surface area contributed by atoms with Gasteiger partial charge in [-0.25, -0.2) is 8.42 Å². The van der Waals surface area contributed by atoms with Gasteiger partial charge in [0.1, 0.15) is 0 Å². The number of rotatable bonds is 7. The van der Waals surface area contributed by atoms with E-state index in [0.717, 1.165) is 17.7 Å². The van der Waals surface area contributed by atoms with Crippen molar-refractivity contribution in [3.05, 3.63) is 29.3 Å². The van der Waals surface area contributed by atoms with E-state index in [1.165, 1.54) is 24.8 Å². The van der Waals surface area contributed by atoms with Gasteiger partial charge in [-0.05, 0) is 24.0 Å². The molecule has 0 bridgehead atoms. The highest BCUT2D eigenvalue weighted by atomic mass is 32.2. The quantitative estimate of drug-likeness (QED) is 0.665. The molecule has 1 aromatic carbocycles. The van der Waals surface area contributed by atoms with E-state index in [1.807, 2.05) is 12.1 Å². The maximum Gasteiger partial charge on any atom is 0.184 e. The Kier molecular flexibility index (Phi) is 6.06. The molecule has 0 saturated carbocycles. The van der Waals surface area contributed by atoms with E-state index in [1.54, 1.807) is 6.92 Å². The van der Waals surface area contributed by atoms with Crippen LogP contribution in [0.15, 0.2) is 18.2 Å². The molecule has 1 heterocycles. The summed E-state index contributed by atoms with van der Waals surface area (Å²) in [4.78, 5) is 0. The summed E-state index contributed by atoms with van der Waals surface area (Å²) in [5.41, 5.74) is 8.48. The van der Waals surface area contributed by atoms with E-state index in [-0.39, 0.29) is 5.75 Å². The van der Waals surface area contributed by atoms with Gasteiger partial charge >= 0.3 is 0 Å². The Labute approximate surface area is 140 Å². The van der Waals surface area contributed by atoms with E-state index in [2.05, 4.69) is 30.5 Å². The van der Waals surface area contributed by atoms with Gasteiger partial charge in [-0.15, -0.1) is 0 Å². The van der Waals surface area contributed by atoms with E-state index in [9.17, 15) is 8.42 Å². The van der Waals surface area contributed by atoms with Crippen molar-refractivity contribution in [2.45, 2.75) is 64.0 Å². The molecule has 0 radical (unpaired) electrons. The number of benzene rings is 1. The van der Waals surface area contributed by atoms with Gasteiger partial charge in [0.05, 0.1) is 11.9 Å². The molecule has 1 aliphatic rings. The Balaban J connectivity index is 2.27. The molecule has 0 fully saturated rings. The van der Waals surface area contributed by atoms with E-state index < -0.39 is 21.5 Å². The Morgan fingerprint density at radius 2 is 2.00 bits per heavy atom. The first-order valence-electron chi connectivity index (χ1n) is 8.53. The molecule has 1 aliphatic heterocycles. The van der Waals surface area contributed by atoms with Gasteiger partial charge in [-0.2, -0.15) is 0 Å². The number of fused-ring (bicyclic) bond motifs is 1. The minimum Gasteiger partial charge on any atom is -0.357 e. The van der Waals surface area contributed by atoms with Crippen molar-refractivity contribution in [3.63, 3.8) is 0 Å². The lowest BCUT2D eigenvalue weighted by Gasteiger charge is -2.34. The van der Waals surface area contributed by atoms with Gasteiger partial charge in [0, 0.05) is 11.3 Å². The predicted molar refractivity (Wildman–Crippen MR) is 95.9 cm³/mol. The number of hydrogen-bond donors (Lipinski definition) is 3. The van der Waals surface area contributed by atoms with Gasteiger partial charge < -0.3 is 11.1 Å². The third-order valence-electron chi connectivity index (χ3n) is 4.60. The lowest BCUT2D eigenvalue weighted by Crippen LogP contribution is -2.51. The van der Waals surface area contributed by atoms with Crippen molar-refractivity contribution < 1.29 is 8.42 Å². The second-order valence-electron chi connectivity index (χ2n) is 6.33. The molecule has 0 aromatic heterocycles. The van der Waals surface area contributed by atoms with Crippen LogP contribution in [0.2, 0.25) is 0 Å². The lowest BCUT2D eigenvalue weighted by atomic mass is 9.88. The van der Waals surface area contributed by atoms with Crippen LogP contribution in [0.5, 0.6) is 0 Å². The van der Waals surface area contributed by atoms with Crippen molar-refractivity contribution in [2.75, 3.05) is 11.1 Å². The fourth-order valence-electron chi connectivity index (χ4n) is 3.13. The molecule has 0 saturated heterocycles. The molecule has 3 atom stereocenters. The zero-order valence-electron chi connectivity index (χ0n) is 14.3. The van der Waals surface area contributed by atoms with Crippen LogP contribution in [-0.4, -0.2) is 19.7 Å². The Hall–Kier alpha value is -1.11. The minimum atomic E-state index is -3.25. The standard InChI is InChI=1S/C17H29N3O2S/c1-4-6-7-9-12(3)13-10-8-11-14-15(13)16(18)20-17(19-14)23(21,22)5-2/h8,10-12,16-17,19-20H,4-7,9,18H2,1-3H3. The number of unbranched alkanes of at least 4 members (excludes halogenated alkanes) is 2. The van der Waals surface area contributed by atoms with Gasteiger partial charge in [0.2, 0.25) is 0 Å². The molecule has 5 nitrogen and oxygen atoms in total. The minimum absolute atomic E-state index is 0.0762. The molecule has 6 heteroatoms. The molecule has 23 heavy (non-hydrogen) atoms. The highest BCUT2D eigenvalue weighted by molar-refractivity contribution is 7.92. The van der Waals surface area contributed by atoms with Crippen LogP contribution in [0.4, 0.5) is 5.69 Å². The summed E-state index contributed by atoms with van der Waals surface area (Å²) in [6.45, 7) is 6.06. The first kappa shape index (κ1) is 18.2. The normalized spacial score (nSPS) is 22.3. The molecule has 2 rings (SSSR count). The van der Waals surface area contributed by atoms with Crippen molar-refractivity contribution in [1.29, 1.82) is 0 Å². The van der Waals surface area contributed by atoms with Gasteiger partial charge in [-0.1, -0.05) is 52.2 Å². The molecular weight excluding hydrogens is 310 g/mol. The molecule has 0 spiro atoms. The van der Waals surface area contributed by atoms with Crippen LogP contribution in [0, 0.1) is 0 Å². The topological polar surface area (TPSA) is 84.2 Å². The molecule has 130 valence electrons. The van der Waals surface area contributed by atoms with Crippen LogP contribution >= 0.6 is 0 Å². The summed E-state index contributed by atoms with van der Waals surface area (Å²) in [7, 11) is -3.25. The van der Waals surface area contributed by atoms with Gasteiger partial charge in [0.25, 0.3) is 0 Å². The lowest BCUT2D eigenvalue weighted by molar-refractivity contribution is 0.493. The Bertz CT molecular complexity index is 631. The van der Waals surface area contributed by atoms with Crippen LogP contribution in [-0.2, 0) is 9.84 Å². The third kappa shape index (κ3) is 4.05. The highest BCUT2D eigenvalue weighted by Crippen LogP contribution is 2.35. The number of sulfone groups is 1. The van der Waals surface area contributed by atoms with Crippen molar-refractivity contribution in [2.24, 2.45) is 5.73 Å². The summed E-state index contributed by atoms with van der Waals surface area (Å²) in [6, 6.07) is 5.99. The average Bonchev–Trinajstić information content (AvgIpc) is 2.54. The molecule has 1 aromatic rings. The van der Waals surface area contributed by atoms with E-state index >= 15 is 0 Å². The fraction of sp³-hybridized carbons (Fsp3) is 0.647. The smallest absolute Gasteiger partial charge is 0.184 e. The van der Waals surface area contributed by atoms with Gasteiger partial charge in [-0.3, -0.25) is 5.32 Å². The molecule has 4 N–H and O–H groups in total. The highest BCUT2D eigenvalue weighted by Gasteiger charge is 2.33. The van der Waals surface area contributed by atoms with E-state index in [0.29, 0.717) is 5.92 Å². The first-order chi connectivity index (χ1) is 10.9. The summed E-state index contributed by atoms with van der Waals surface area (Å²) in [6.07, 6.45) is 4.29. The number of nitrogens with one attached hydrogen (secondary N) is 2. The largest absolute Gasteiger partial charge is 0.357 e. The maximum absolute atomic E-state index is 12.1. The maximum atomic E-state index is 12.1. The van der Waals surface area contributed by atoms with Crippen LogP contribution in [0.25, 0.3) is 0 Å². The zero-order chi connectivity index (χ0) is 17.0. The first-order valence-corrected chi connectivity index (χ1v) is 10.2. The summed E-state index contributed by atoms with van der Waals surface area (Å²) >= 11 is 0. The van der Waals surface area contributed by atoms with Crippen molar-refractivity contribution in [1.82, 2.24) is 5.32 Å². The monoisotopic (exact) mass is 339 g/mol. The molecule has 3 unspecified atom stereocenters. The molecule has 0 aliphatic carbocycles. The molecule has 0 amide bonds. The Morgan fingerprint density at radius 3 is 2.65 bits per heavy atom. The number of nitrogens with two attached hydrogens (primary N) is 1. The Morgan fingerprint density at radius 1 is 1.26 bits per heavy atom. The van der Waals surface area contributed by atoms with Crippen LogP contribution in [0.1, 0.15) is 69.7 Å².